The SMILES string of the molecule is COC(=O)/C(=C\CCN(C)C)n1ccnn1. The first-order chi connectivity index (χ1) is 7.65. The van der Waals surface area contributed by atoms with Crippen molar-refractivity contribution in [3.8, 4) is 0 Å². The summed E-state index contributed by atoms with van der Waals surface area (Å²) in [4.78, 5) is 13.5. The van der Waals surface area contributed by atoms with Crippen LogP contribution < -0.4 is 0 Å². The second-order valence-corrected chi connectivity index (χ2v) is 3.52. The van der Waals surface area contributed by atoms with Crippen LogP contribution in [0.15, 0.2) is 18.5 Å². The highest BCUT2D eigenvalue weighted by Crippen LogP contribution is 2.05. The fraction of sp³-hybridized carbons (Fsp3) is 0.500. The van der Waals surface area contributed by atoms with Crippen LogP contribution in [0.5, 0.6) is 0 Å². The Bertz CT molecular complexity index is 357. The molecule has 0 aliphatic heterocycles. The van der Waals surface area contributed by atoms with E-state index in [0.717, 1.165) is 13.0 Å². The first-order valence-electron chi connectivity index (χ1n) is 4.95. The van der Waals surface area contributed by atoms with Crippen LogP contribution in [-0.4, -0.2) is 53.6 Å². The summed E-state index contributed by atoms with van der Waals surface area (Å²) in [5.41, 5.74) is 0.391. The fourth-order valence-corrected chi connectivity index (χ4v) is 1.17. The summed E-state index contributed by atoms with van der Waals surface area (Å²) in [6.07, 6.45) is 5.67. The molecule has 0 radical (unpaired) electrons. The van der Waals surface area contributed by atoms with E-state index in [-0.39, 0.29) is 0 Å². The normalized spacial score (nSPS) is 11.9. The van der Waals surface area contributed by atoms with Gasteiger partial charge in [-0.05, 0) is 26.6 Å². The summed E-state index contributed by atoms with van der Waals surface area (Å²) in [5.74, 6) is -0.413. The first kappa shape index (κ1) is 12.4. The number of esters is 1. The van der Waals surface area contributed by atoms with E-state index in [1.54, 1.807) is 12.3 Å². The molecule has 1 rings (SSSR count). The molecule has 0 fully saturated rings. The van der Waals surface area contributed by atoms with Crippen molar-refractivity contribution in [1.29, 1.82) is 0 Å². The molecule has 0 saturated heterocycles. The van der Waals surface area contributed by atoms with Gasteiger partial charge in [0.05, 0.1) is 19.5 Å². The maximum absolute atomic E-state index is 11.5. The zero-order chi connectivity index (χ0) is 12.0. The number of aromatic nitrogens is 3. The standard InChI is InChI=1S/C10H16N4O2/c1-13(2)7-4-5-9(10(15)16-3)14-8-6-11-12-14/h5-6,8H,4,7H2,1-3H3/b9-5+. The number of nitrogens with zero attached hydrogens (tertiary/aromatic N) is 4. The summed E-state index contributed by atoms with van der Waals surface area (Å²) in [6.45, 7) is 0.856. The molecule has 0 atom stereocenters. The number of hydrogen-bond donors (Lipinski definition) is 0. The van der Waals surface area contributed by atoms with Crippen molar-refractivity contribution in [2.75, 3.05) is 27.7 Å². The summed E-state index contributed by atoms with van der Waals surface area (Å²) in [6, 6.07) is 0. The Hall–Kier alpha value is -1.69. The maximum atomic E-state index is 11.5. The van der Waals surface area contributed by atoms with E-state index < -0.39 is 5.97 Å². The van der Waals surface area contributed by atoms with Gasteiger partial charge in [-0.3, -0.25) is 0 Å². The van der Waals surface area contributed by atoms with Gasteiger partial charge in [-0.1, -0.05) is 5.21 Å². The Labute approximate surface area is 94.5 Å². The molecule has 0 bridgehead atoms. The minimum atomic E-state index is -0.413. The zero-order valence-corrected chi connectivity index (χ0v) is 9.75. The molecule has 0 aliphatic carbocycles. The second kappa shape index (κ2) is 6.02. The third-order valence-electron chi connectivity index (χ3n) is 1.98. The average molecular weight is 224 g/mol. The first-order valence-corrected chi connectivity index (χ1v) is 4.95. The lowest BCUT2D eigenvalue weighted by Crippen LogP contribution is -2.14. The average Bonchev–Trinajstić information content (AvgIpc) is 2.76. The number of hydrogen-bond acceptors (Lipinski definition) is 5. The van der Waals surface area contributed by atoms with Gasteiger partial charge in [0.2, 0.25) is 0 Å². The van der Waals surface area contributed by atoms with Gasteiger partial charge in [0, 0.05) is 6.54 Å². The Balaban J connectivity index is 2.76. The van der Waals surface area contributed by atoms with E-state index in [4.69, 9.17) is 0 Å². The third kappa shape index (κ3) is 3.47. The summed E-state index contributed by atoms with van der Waals surface area (Å²) >= 11 is 0. The van der Waals surface area contributed by atoms with Gasteiger partial charge in [0.15, 0.2) is 0 Å². The largest absolute Gasteiger partial charge is 0.464 e. The smallest absolute Gasteiger partial charge is 0.356 e. The minimum absolute atomic E-state index is 0.391. The molecule has 6 heteroatoms. The summed E-state index contributed by atoms with van der Waals surface area (Å²) in [5, 5.41) is 7.42. The lowest BCUT2D eigenvalue weighted by atomic mass is 10.3. The van der Waals surface area contributed by atoms with Gasteiger partial charge < -0.3 is 9.64 Å². The van der Waals surface area contributed by atoms with Crippen LogP contribution in [0.4, 0.5) is 0 Å². The fourth-order valence-electron chi connectivity index (χ4n) is 1.17. The lowest BCUT2D eigenvalue weighted by molar-refractivity contribution is -0.134. The molecule has 1 aromatic heterocycles. The van der Waals surface area contributed by atoms with Gasteiger partial charge in [-0.2, -0.15) is 0 Å². The molecule has 0 saturated carbocycles. The Kier molecular flexibility index (Phi) is 4.65. The molecule has 0 aliphatic rings. The molecule has 1 aromatic rings. The second-order valence-electron chi connectivity index (χ2n) is 3.52. The highest BCUT2D eigenvalue weighted by Gasteiger charge is 2.11. The van der Waals surface area contributed by atoms with Crippen LogP contribution in [0.25, 0.3) is 5.70 Å². The van der Waals surface area contributed by atoms with E-state index in [0.29, 0.717) is 5.70 Å². The van der Waals surface area contributed by atoms with Crippen molar-refractivity contribution in [3.63, 3.8) is 0 Å². The van der Waals surface area contributed by atoms with Crippen LogP contribution in [0.3, 0.4) is 0 Å². The van der Waals surface area contributed by atoms with Crippen molar-refractivity contribution in [1.82, 2.24) is 19.9 Å². The summed E-state index contributed by atoms with van der Waals surface area (Å²) in [7, 11) is 5.29. The molecule has 6 nitrogen and oxygen atoms in total. The monoisotopic (exact) mass is 224 g/mol. The molecule has 0 unspecified atom stereocenters. The minimum Gasteiger partial charge on any atom is -0.464 e. The van der Waals surface area contributed by atoms with Crippen molar-refractivity contribution < 1.29 is 9.53 Å². The lowest BCUT2D eigenvalue weighted by Gasteiger charge is -2.08. The highest BCUT2D eigenvalue weighted by molar-refractivity contribution is 6.09. The molecule has 16 heavy (non-hydrogen) atoms. The van der Waals surface area contributed by atoms with Gasteiger partial charge in [-0.15, -0.1) is 5.10 Å². The number of rotatable bonds is 5. The molecular formula is C10H16N4O2. The maximum Gasteiger partial charge on any atom is 0.356 e. The zero-order valence-electron chi connectivity index (χ0n) is 9.75. The number of ether oxygens (including phenoxy) is 1. The van der Waals surface area contributed by atoms with Crippen molar-refractivity contribution in [2.45, 2.75) is 6.42 Å². The topological polar surface area (TPSA) is 60.2 Å². The molecular weight excluding hydrogens is 208 g/mol. The Morgan fingerprint density at radius 1 is 1.56 bits per heavy atom. The van der Waals surface area contributed by atoms with Crippen LogP contribution in [0, 0.1) is 0 Å². The van der Waals surface area contributed by atoms with Gasteiger partial charge >= 0.3 is 5.97 Å². The van der Waals surface area contributed by atoms with Crippen LogP contribution >= 0.6 is 0 Å². The Morgan fingerprint density at radius 3 is 2.81 bits per heavy atom. The Morgan fingerprint density at radius 2 is 2.31 bits per heavy atom. The number of carbonyl (C=O) groups excluding carboxylic acids is 1. The summed E-state index contributed by atoms with van der Waals surface area (Å²) < 4.78 is 6.09. The molecule has 0 N–H and O–H groups in total. The van der Waals surface area contributed by atoms with Gasteiger partial charge in [0.1, 0.15) is 5.70 Å². The van der Waals surface area contributed by atoms with Crippen molar-refractivity contribution >= 4 is 11.7 Å². The predicted molar refractivity (Wildman–Crippen MR) is 59.5 cm³/mol. The third-order valence-corrected chi connectivity index (χ3v) is 1.98. The van der Waals surface area contributed by atoms with E-state index in [1.807, 2.05) is 19.0 Å². The molecule has 0 amide bonds. The van der Waals surface area contributed by atoms with Crippen molar-refractivity contribution in [2.24, 2.45) is 0 Å². The quantitative estimate of drug-likeness (QED) is 0.530. The van der Waals surface area contributed by atoms with E-state index in [1.165, 1.54) is 18.0 Å². The molecule has 0 spiro atoms. The van der Waals surface area contributed by atoms with Crippen LogP contribution in [0.1, 0.15) is 6.42 Å². The predicted octanol–water partition coefficient (Wildman–Crippen LogP) is 0.244. The van der Waals surface area contributed by atoms with E-state index in [9.17, 15) is 4.79 Å². The van der Waals surface area contributed by atoms with E-state index in [2.05, 4.69) is 15.0 Å². The highest BCUT2D eigenvalue weighted by atomic mass is 16.5. The molecule has 88 valence electrons. The van der Waals surface area contributed by atoms with Crippen LogP contribution in [-0.2, 0) is 9.53 Å². The van der Waals surface area contributed by atoms with Crippen molar-refractivity contribution in [3.05, 3.63) is 18.5 Å². The van der Waals surface area contributed by atoms with E-state index >= 15 is 0 Å². The molecule has 0 aromatic carbocycles. The van der Waals surface area contributed by atoms with Gasteiger partial charge in [0.25, 0.3) is 0 Å². The van der Waals surface area contributed by atoms with Gasteiger partial charge in [-0.25, -0.2) is 9.48 Å². The molecule has 1 heterocycles. The number of carbonyl (C=O) groups is 1. The van der Waals surface area contributed by atoms with Crippen LogP contribution in [0.2, 0.25) is 0 Å². The number of methoxy groups -OCH3 is 1.